The fourth-order valence-electron chi connectivity index (χ4n) is 3.59. The molecule has 6 nitrogen and oxygen atoms in total. The summed E-state index contributed by atoms with van der Waals surface area (Å²) in [5, 5.41) is 3.65. The van der Waals surface area contributed by atoms with E-state index in [4.69, 9.17) is 27.6 Å². The van der Waals surface area contributed by atoms with E-state index in [1.807, 2.05) is 4.90 Å². The molecule has 0 atom stereocenters. The number of hydrogen-bond donors (Lipinski definition) is 1. The number of alkyl halides is 3. The Kier molecular flexibility index (Phi) is 6.77. The van der Waals surface area contributed by atoms with Crippen LogP contribution >= 0.6 is 23.2 Å². The summed E-state index contributed by atoms with van der Waals surface area (Å²) in [4.78, 5) is 26.6. The minimum atomic E-state index is -4.86. The Morgan fingerprint density at radius 2 is 1.59 bits per heavy atom. The van der Waals surface area contributed by atoms with Crippen LogP contribution in [0.25, 0.3) is 11.3 Å². The predicted molar refractivity (Wildman–Crippen MR) is 123 cm³/mol. The number of furan rings is 1. The zero-order valence-electron chi connectivity index (χ0n) is 17.5. The van der Waals surface area contributed by atoms with Crippen molar-refractivity contribution < 1.29 is 27.2 Å². The van der Waals surface area contributed by atoms with E-state index in [-0.39, 0.29) is 31.9 Å². The van der Waals surface area contributed by atoms with E-state index in [0.29, 0.717) is 27.1 Å². The molecule has 3 aromatic rings. The third-order valence-electron chi connectivity index (χ3n) is 5.32. The SMILES string of the molecule is O=C(Nc1ccc(N2CCN(C(=O)C(F)(F)F)CC2)cc1)c1ccc(-c2cc(Cl)ccc2Cl)o1. The number of amides is 2. The predicted octanol–water partition coefficient (Wildman–Crippen LogP) is 5.72. The highest BCUT2D eigenvalue weighted by Crippen LogP contribution is 2.32. The van der Waals surface area contributed by atoms with Crippen LogP contribution in [0.1, 0.15) is 10.6 Å². The van der Waals surface area contributed by atoms with Crippen LogP contribution < -0.4 is 10.2 Å². The van der Waals surface area contributed by atoms with Gasteiger partial charge in [-0.3, -0.25) is 9.59 Å². The molecule has 1 fully saturated rings. The lowest BCUT2D eigenvalue weighted by Crippen LogP contribution is -2.52. The molecule has 178 valence electrons. The number of piperazine rings is 1. The van der Waals surface area contributed by atoms with E-state index >= 15 is 0 Å². The van der Waals surface area contributed by atoms with Gasteiger partial charge in [0.15, 0.2) is 5.76 Å². The zero-order chi connectivity index (χ0) is 24.5. The van der Waals surface area contributed by atoms with E-state index in [9.17, 15) is 22.8 Å². The highest BCUT2D eigenvalue weighted by atomic mass is 35.5. The topological polar surface area (TPSA) is 65.8 Å². The Morgan fingerprint density at radius 3 is 2.24 bits per heavy atom. The molecular formula is C23H18Cl2F3N3O3. The Hall–Kier alpha value is -3.17. The standard InChI is InChI=1S/C23H18Cl2F3N3O3/c24-14-1-6-18(25)17(13-14)19-7-8-20(34-19)21(32)29-15-2-4-16(5-3-15)30-9-11-31(12-10-30)22(33)23(26,27)28/h1-8,13H,9-12H2,(H,29,32). The maximum Gasteiger partial charge on any atom is 0.471 e. The highest BCUT2D eigenvalue weighted by molar-refractivity contribution is 6.35. The van der Waals surface area contributed by atoms with Gasteiger partial charge in [0.2, 0.25) is 0 Å². The third kappa shape index (κ3) is 5.31. The number of benzene rings is 2. The van der Waals surface area contributed by atoms with E-state index < -0.39 is 18.0 Å². The van der Waals surface area contributed by atoms with Crippen molar-refractivity contribution in [1.29, 1.82) is 0 Å². The average Bonchev–Trinajstić information content (AvgIpc) is 3.30. The molecule has 1 aliphatic heterocycles. The zero-order valence-corrected chi connectivity index (χ0v) is 19.0. The molecule has 2 amide bonds. The molecule has 1 aliphatic rings. The van der Waals surface area contributed by atoms with Crippen LogP contribution in [0.2, 0.25) is 10.0 Å². The molecule has 1 saturated heterocycles. The molecule has 4 rings (SSSR count). The number of anilines is 2. The number of hydrogen-bond acceptors (Lipinski definition) is 4. The summed E-state index contributed by atoms with van der Waals surface area (Å²) in [6, 6.07) is 14.9. The molecular weight excluding hydrogens is 494 g/mol. The van der Waals surface area contributed by atoms with Crippen molar-refractivity contribution in [3.05, 3.63) is 70.4 Å². The van der Waals surface area contributed by atoms with Crippen molar-refractivity contribution in [1.82, 2.24) is 4.90 Å². The molecule has 1 aromatic heterocycles. The Morgan fingerprint density at radius 1 is 0.912 bits per heavy atom. The first-order valence-corrected chi connectivity index (χ1v) is 10.9. The second-order valence-corrected chi connectivity index (χ2v) is 8.41. The van der Waals surface area contributed by atoms with Crippen molar-refractivity contribution >= 4 is 46.4 Å². The molecule has 0 radical (unpaired) electrons. The van der Waals surface area contributed by atoms with Crippen molar-refractivity contribution in [2.75, 3.05) is 36.4 Å². The Balaban J connectivity index is 1.36. The first-order valence-electron chi connectivity index (χ1n) is 10.2. The molecule has 2 aromatic carbocycles. The molecule has 2 heterocycles. The summed E-state index contributed by atoms with van der Waals surface area (Å²) in [6.07, 6.45) is -4.86. The van der Waals surface area contributed by atoms with Crippen LogP contribution in [0, 0.1) is 0 Å². The van der Waals surface area contributed by atoms with E-state index in [0.717, 1.165) is 10.6 Å². The quantitative estimate of drug-likeness (QED) is 0.486. The molecule has 0 bridgehead atoms. The van der Waals surface area contributed by atoms with E-state index in [2.05, 4.69) is 5.32 Å². The van der Waals surface area contributed by atoms with E-state index in [1.165, 1.54) is 6.07 Å². The van der Waals surface area contributed by atoms with Crippen LogP contribution in [-0.2, 0) is 4.79 Å². The second-order valence-electron chi connectivity index (χ2n) is 7.57. The lowest BCUT2D eigenvalue weighted by Gasteiger charge is -2.36. The Labute approximate surface area is 202 Å². The van der Waals surface area contributed by atoms with Gasteiger partial charge in [-0.2, -0.15) is 13.2 Å². The number of carbonyl (C=O) groups is 2. The molecule has 0 saturated carbocycles. The van der Waals surface area contributed by atoms with Gasteiger partial charge < -0.3 is 19.5 Å². The van der Waals surface area contributed by atoms with Gasteiger partial charge in [-0.25, -0.2) is 0 Å². The fourth-order valence-corrected chi connectivity index (χ4v) is 3.97. The lowest BCUT2D eigenvalue weighted by molar-refractivity contribution is -0.185. The van der Waals surface area contributed by atoms with Crippen molar-refractivity contribution in [2.24, 2.45) is 0 Å². The lowest BCUT2D eigenvalue weighted by atomic mass is 10.2. The third-order valence-corrected chi connectivity index (χ3v) is 5.89. The monoisotopic (exact) mass is 511 g/mol. The normalized spacial score (nSPS) is 14.3. The average molecular weight is 512 g/mol. The van der Waals surface area contributed by atoms with Crippen molar-refractivity contribution in [3.8, 4) is 11.3 Å². The summed E-state index contributed by atoms with van der Waals surface area (Å²) in [6.45, 7) is 0.506. The van der Waals surface area contributed by atoms with Gasteiger partial charge in [-0.15, -0.1) is 0 Å². The fraction of sp³-hybridized carbons (Fsp3) is 0.217. The first kappa shape index (κ1) is 24.0. The summed E-state index contributed by atoms with van der Waals surface area (Å²) >= 11 is 12.2. The summed E-state index contributed by atoms with van der Waals surface area (Å²) in [5.41, 5.74) is 1.85. The molecule has 34 heavy (non-hydrogen) atoms. The second kappa shape index (κ2) is 9.60. The maximum absolute atomic E-state index is 12.6. The minimum Gasteiger partial charge on any atom is -0.451 e. The largest absolute Gasteiger partial charge is 0.471 e. The summed E-state index contributed by atoms with van der Waals surface area (Å²) < 4.78 is 43.4. The number of halogens is 5. The van der Waals surface area contributed by atoms with Crippen LogP contribution in [0.15, 0.2) is 59.0 Å². The van der Waals surface area contributed by atoms with Gasteiger partial charge in [0, 0.05) is 48.1 Å². The highest BCUT2D eigenvalue weighted by Gasteiger charge is 2.43. The van der Waals surface area contributed by atoms with Crippen LogP contribution in [0.3, 0.4) is 0 Å². The first-order chi connectivity index (χ1) is 16.1. The Bertz CT molecular complexity index is 1200. The van der Waals surface area contributed by atoms with Crippen molar-refractivity contribution in [2.45, 2.75) is 6.18 Å². The van der Waals surface area contributed by atoms with E-state index in [1.54, 1.807) is 48.5 Å². The molecule has 0 unspecified atom stereocenters. The molecule has 0 aliphatic carbocycles. The summed E-state index contributed by atoms with van der Waals surface area (Å²) in [7, 11) is 0. The van der Waals surface area contributed by atoms with Crippen LogP contribution in [0.4, 0.5) is 24.5 Å². The number of carbonyl (C=O) groups excluding carboxylic acids is 2. The maximum atomic E-state index is 12.6. The minimum absolute atomic E-state index is 0.0195. The molecule has 11 heteroatoms. The van der Waals surface area contributed by atoms with Gasteiger partial charge in [0.25, 0.3) is 5.91 Å². The van der Waals surface area contributed by atoms with Gasteiger partial charge in [0.05, 0.1) is 5.02 Å². The van der Waals surface area contributed by atoms with Gasteiger partial charge in [0.1, 0.15) is 5.76 Å². The van der Waals surface area contributed by atoms with Crippen molar-refractivity contribution in [3.63, 3.8) is 0 Å². The van der Waals surface area contributed by atoms with Crippen LogP contribution in [-0.4, -0.2) is 49.1 Å². The molecule has 0 spiro atoms. The number of rotatable bonds is 4. The molecule has 1 N–H and O–H groups in total. The smallest absolute Gasteiger partial charge is 0.451 e. The van der Waals surface area contributed by atoms with Gasteiger partial charge in [-0.1, -0.05) is 23.2 Å². The van der Waals surface area contributed by atoms with Crippen LogP contribution in [0.5, 0.6) is 0 Å². The number of nitrogens with zero attached hydrogens (tertiary/aromatic N) is 2. The van der Waals surface area contributed by atoms with Gasteiger partial charge >= 0.3 is 12.1 Å². The number of nitrogens with one attached hydrogen (secondary N) is 1. The van der Waals surface area contributed by atoms with Gasteiger partial charge in [-0.05, 0) is 54.6 Å². The summed E-state index contributed by atoms with van der Waals surface area (Å²) in [5.74, 6) is -1.79.